The molecule has 0 aromatic carbocycles. The molecule has 1 aliphatic heterocycles. The third-order valence-corrected chi connectivity index (χ3v) is 3.05. The molecule has 0 radical (unpaired) electrons. The van der Waals surface area contributed by atoms with Crippen LogP contribution in [-0.4, -0.2) is 12.7 Å². The summed E-state index contributed by atoms with van der Waals surface area (Å²) in [6.45, 7) is 10.2. The first kappa shape index (κ1) is 10.0. The predicted molar refractivity (Wildman–Crippen MR) is 52.2 cm³/mol. The monoisotopic (exact) mass is 170 g/mol. The highest BCUT2D eigenvalue weighted by Crippen LogP contribution is 2.36. The molecule has 0 bridgehead atoms. The van der Waals surface area contributed by atoms with Gasteiger partial charge in [0, 0.05) is 6.61 Å². The van der Waals surface area contributed by atoms with E-state index in [-0.39, 0.29) is 0 Å². The van der Waals surface area contributed by atoms with Crippen LogP contribution in [0, 0.1) is 11.3 Å². The Morgan fingerprint density at radius 1 is 1.33 bits per heavy atom. The number of hydrogen-bond donors (Lipinski definition) is 0. The second-order valence-electron chi connectivity index (χ2n) is 4.99. The lowest BCUT2D eigenvalue weighted by molar-refractivity contribution is -0.0359. The maximum Gasteiger partial charge on any atom is 0.0575 e. The molecule has 0 saturated carbocycles. The van der Waals surface area contributed by atoms with E-state index in [0.717, 1.165) is 12.5 Å². The van der Waals surface area contributed by atoms with Crippen molar-refractivity contribution in [3.8, 4) is 0 Å². The van der Waals surface area contributed by atoms with Crippen LogP contribution in [0.1, 0.15) is 47.0 Å². The molecule has 0 amide bonds. The second kappa shape index (κ2) is 3.78. The van der Waals surface area contributed by atoms with Crippen molar-refractivity contribution in [3.05, 3.63) is 0 Å². The van der Waals surface area contributed by atoms with Crippen molar-refractivity contribution >= 4 is 0 Å². The Hall–Kier alpha value is -0.0400. The molecule has 12 heavy (non-hydrogen) atoms. The van der Waals surface area contributed by atoms with Crippen LogP contribution >= 0.6 is 0 Å². The van der Waals surface area contributed by atoms with Crippen LogP contribution in [0.25, 0.3) is 0 Å². The van der Waals surface area contributed by atoms with Crippen molar-refractivity contribution in [2.24, 2.45) is 11.3 Å². The molecular weight excluding hydrogens is 148 g/mol. The van der Waals surface area contributed by atoms with Crippen LogP contribution in [0.15, 0.2) is 0 Å². The van der Waals surface area contributed by atoms with Crippen LogP contribution < -0.4 is 0 Å². The molecule has 0 N–H and O–H groups in total. The molecule has 0 aliphatic carbocycles. The predicted octanol–water partition coefficient (Wildman–Crippen LogP) is 3.24. The van der Waals surface area contributed by atoms with Gasteiger partial charge in [-0.05, 0) is 30.6 Å². The average molecular weight is 170 g/mol. The fourth-order valence-corrected chi connectivity index (χ4v) is 1.95. The molecule has 1 nitrogen and oxygen atoms in total. The largest absolute Gasteiger partial charge is 0.378 e. The summed E-state index contributed by atoms with van der Waals surface area (Å²) in [6, 6.07) is 0. The first-order chi connectivity index (χ1) is 5.54. The van der Waals surface area contributed by atoms with E-state index in [1.54, 1.807) is 0 Å². The van der Waals surface area contributed by atoms with Gasteiger partial charge in [-0.25, -0.2) is 0 Å². The summed E-state index contributed by atoms with van der Waals surface area (Å²) in [6.07, 6.45) is 4.22. The Morgan fingerprint density at radius 2 is 2.00 bits per heavy atom. The zero-order valence-electron chi connectivity index (χ0n) is 8.89. The highest BCUT2D eigenvalue weighted by Gasteiger charge is 2.30. The van der Waals surface area contributed by atoms with E-state index in [1.807, 2.05) is 0 Å². The van der Waals surface area contributed by atoms with E-state index in [4.69, 9.17) is 4.74 Å². The van der Waals surface area contributed by atoms with E-state index in [2.05, 4.69) is 27.7 Å². The molecule has 1 heterocycles. The summed E-state index contributed by atoms with van der Waals surface area (Å²) in [7, 11) is 0. The number of hydrogen-bond acceptors (Lipinski definition) is 1. The van der Waals surface area contributed by atoms with Gasteiger partial charge in [0.1, 0.15) is 0 Å². The van der Waals surface area contributed by atoms with Gasteiger partial charge in [0.25, 0.3) is 0 Å². The molecule has 1 aliphatic rings. The summed E-state index contributed by atoms with van der Waals surface area (Å²) in [5, 5.41) is 0. The molecule has 0 unspecified atom stereocenters. The van der Waals surface area contributed by atoms with Gasteiger partial charge < -0.3 is 4.74 Å². The van der Waals surface area contributed by atoms with Crippen molar-refractivity contribution in [1.29, 1.82) is 0 Å². The first-order valence-electron chi connectivity index (χ1n) is 5.15. The van der Waals surface area contributed by atoms with Crippen molar-refractivity contribution in [3.63, 3.8) is 0 Å². The van der Waals surface area contributed by atoms with Gasteiger partial charge in [0.15, 0.2) is 0 Å². The highest BCUT2D eigenvalue weighted by molar-refractivity contribution is 4.79. The average Bonchev–Trinajstić information content (AvgIpc) is 2.03. The fraction of sp³-hybridized carbons (Fsp3) is 1.00. The van der Waals surface area contributed by atoms with Crippen LogP contribution in [0.2, 0.25) is 0 Å². The molecule has 1 rings (SSSR count). The van der Waals surface area contributed by atoms with Gasteiger partial charge in [-0.3, -0.25) is 0 Å². The lowest BCUT2D eigenvalue weighted by atomic mass is 9.74. The van der Waals surface area contributed by atoms with Crippen molar-refractivity contribution in [2.45, 2.75) is 53.1 Å². The molecule has 0 aromatic rings. The number of rotatable bonds is 1. The highest BCUT2D eigenvalue weighted by atomic mass is 16.5. The van der Waals surface area contributed by atoms with E-state index in [0.29, 0.717) is 11.5 Å². The maximum absolute atomic E-state index is 5.65. The summed E-state index contributed by atoms with van der Waals surface area (Å²) in [5.74, 6) is 0.858. The van der Waals surface area contributed by atoms with Gasteiger partial charge in [0.2, 0.25) is 0 Å². The smallest absolute Gasteiger partial charge is 0.0575 e. The zero-order chi connectivity index (χ0) is 9.19. The lowest BCUT2D eigenvalue weighted by Gasteiger charge is -2.37. The van der Waals surface area contributed by atoms with Crippen LogP contribution in [0.5, 0.6) is 0 Å². The molecule has 1 heteroatoms. The van der Waals surface area contributed by atoms with E-state index in [1.165, 1.54) is 19.3 Å². The minimum absolute atomic E-state index is 0.469. The molecule has 0 spiro atoms. The summed E-state index contributed by atoms with van der Waals surface area (Å²) < 4.78 is 5.65. The molecule has 72 valence electrons. The van der Waals surface area contributed by atoms with Gasteiger partial charge in [-0.2, -0.15) is 0 Å². The van der Waals surface area contributed by atoms with E-state index in [9.17, 15) is 0 Å². The third-order valence-electron chi connectivity index (χ3n) is 3.05. The van der Waals surface area contributed by atoms with Gasteiger partial charge in [0.05, 0.1) is 6.10 Å². The van der Waals surface area contributed by atoms with Crippen molar-refractivity contribution in [2.75, 3.05) is 6.61 Å². The Balaban J connectivity index is 2.46. The first-order valence-corrected chi connectivity index (χ1v) is 5.15. The van der Waals surface area contributed by atoms with Crippen molar-refractivity contribution in [1.82, 2.24) is 0 Å². The standard InChI is InChI=1S/C11H22O/c1-5-10-8-9(6-7-12-10)11(2,3)4/h9-10H,5-8H2,1-4H3/t9-,10-/m0/s1. The molecule has 1 saturated heterocycles. The van der Waals surface area contributed by atoms with Gasteiger partial charge in [-0.15, -0.1) is 0 Å². The van der Waals surface area contributed by atoms with Gasteiger partial charge >= 0.3 is 0 Å². The van der Waals surface area contributed by atoms with Crippen LogP contribution in [-0.2, 0) is 4.74 Å². The Kier molecular flexibility index (Phi) is 3.16. The van der Waals surface area contributed by atoms with Crippen LogP contribution in [0.3, 0.4) is 0 Å². The van der Waals surface area contributed by atoms with Crippen molar-refractivity contribution < 1.29 is 4.74 Å². The fourth-order valence-electron chi connectivity index (χ4n) is 1.95. The topological polar surface area (TPSA) is 9.23 Å². The second-order valence-corrected chi connectivity index (χ2v) is 4.99. The Labute approximate surface area is 76.5 Å². The minimum atomic E-state index is 0.469. The quantitative estimate of drug-likeness (QED) is 0.587. The van der Waals surface area contributed by atoms with Crippen LogP contribution in [0.4, 0.5) is 0 Å². The molecule has 2 atom stereocenters. The van der Waals surface area contributed by atoms with E-state index < -0.39 is 0 Å². The summed E-state index contributed by atoms with van der Waals surface area (Å²) in [4.78, 5) is 0. The Morgan fingerprint density at radius 3 is 2.50 bits per heavy atom. The molecular formula is C11H22O. The van der Waals surface area contributed by atoms with Gasteiger partial charge in [-0.1, -0.05) is 27.7 Å². The minimum Gasteiger partial charge on any atom is -0.378 e. The number of ether oxygens (including phenoxy) is 1. The molecule has 0 aromatic heterocycles. The summed E-state index contributed by atoms with van der Waals surface area (Å²) in [5.41, 5.74) is 0.469. The summed E-state index contributed by atoms with van der Waals surface area (Å²) >= 11 is 0. The third kappa shape index (κ3) is 2.48. The van der Waals surface area contributed by atoms with E-state index >= 15 is 0 Å². The molecule has 1 fully saturated rings. The lowest BCUT2D eigenvalue weighted by Crippen LogP contribution is -2.32. The zero-order valence-corrected chi connectivity index (χ0v) is 8.89. The SMILES string of the molecule is CC[C@H]1C[C@@H](C(C)(C)C)CCO1. The Bertz CT molecular complexity index is 134. The maximum atomic E-state index is 5.65. The normalized spacial score (nSPS) is 32.0.